The summed E-state index contributed by atoms with van der Waals surface area (Å²) in [6.45, 7) is 3.87. The Hall–Kier alpha value is -3.41. The van der Waals surface area contributed by atoms with Gasteiger partial charge < -0.3 is 13.7 Å². The van der Waals surface area contributed by atoms with Crippen molar-refractivity contribution in [3.8, 4) is 22.9 Å². The van der Waals surface area contributed by atoms with Crippen LogP contribution in [0.4, 0.5) is 0 Å². The maximum atomic E-state index is 11.9. The minimum absolute atomic E-state index is 0.138. The van der Waals surface area contributed by atoms with Crippen molar-refractivity contribution in [1.29, 1.82) is 0 Å². The highest BCUT2D eigenvalue weighted by Crippen LogP contribution is 2.32. The van der Waals surface area contributed by atoms with Crippen molar-refractivity contribution in [2.24, 2.45) is 7.05 Å². The first-order valence-corrected chi connectivity index (χ1v) is 8.18. The fourth-order valence-corrected chi connectivity index (χ4v) is 3.06. The third kappa shape index (κ3) is 2.65. The summed E-state index contributed by atoms with van der Waals surface area (Å²) >= 11 is 0. The van der Waals surface area contributed by atoms with Crippen LogP contribution in [0.5, 0.6) is 11.6 Å². The molecule has 0 spiro atoms. The molecule has 0 radical (unpaired) electrons. The van der Waals surface area contributed by atoms with E-state index in [1.54, 1.807) is 30.1 Å². The van der Waals surface area contributed by atoms with Gasteiger partial charge in [-0.25, -0.2) is 4.98 Å². The van der Waals surface area contributed by atoms with Crippen LogP contribution in [0.15, 0.2) is 58.2 Å². The number of nitrogens with zero attached hydrogens (tertiary/aromatic N) is 3. The molecule has 0 aliphatic heterocycles. The molecular formula is C20H17N3O3. The molecule has 3 heterocycles. The van der Waals surface area contributed by atoms with Crippen molar-refractivity contribution in [3.63, 3.8) is 0 Å². The topological polar surface area (TPSA) is 70.2 Å². The molecule has 26 heavy (non-hydrogen) atoms. The van der Waals surface area contributed by atoms with Gasteiger partial charge in [-0.05, 0) is 49.7 Å². The zero-order valence-corrected chi connectivity index (χ0v) is 14.7. The molecule has 0 saturated heterocycles. The van der Waals surface area contributed by atoms with Gasteiger partial charge in [-0.2, -0.15) is 0 Å². The molecule has 0 atom stereocenters. The summed E-state index contributed by atoms with van der Waals surface area (Å²) in [5, 5.41) is 0.819. The number of ether oxygens (including phenoxy) is 1. The predicted octanol–water partition coefficient (Wildman–Crippen LogP) is 4.00. The molecule has 0 saturated carbocycles. The van der Waals surface area contributed by atoms with E-state index in [4.69, 9.17) is 9.15 Å². The highest BCUT2D eigenvalue weighted by atomic mass is 16.5. The second kappa shape index (κ2) is 6.15. The minimum atomic E-state index is -0.138. The van der Waals surface area contributed by atoms with E-state index < -0.39 is 0 Å². The standard InChI is InChI=1S/C20H17N3O3/c1-12-10-14(26-20-16-7-9-25-17(16)6-8-21-20)4-5-15(12)19-13(2)22-11-18(24)23(19)3/h4-11H,1-3H3. The monoisotopic (exact) mass is 347 g/mol. The number of furan rings is 1. The molecule has 0 unspecified atom stereocenters. The van der Waals surface area contributed by atoms with Crippen molar-refractivity contribution in [3.05, 3.63) is 70.6 Å². The molecule has 6 nitrogen and oxygen atoms in total. The fraction of sp³-hybridized carbons (Fsp3) is 0.150. The van der Waals surface area contributed by atoms with Crippen molar-refractivity contribution < 1.29 is 9.15 Å². The van der Waals surface area contributed by atoms with E-state index in [-0.39, 0.29) is 5.56 Å². The first-order valence-electron chi connectivity index (χ1n) is 8.18. The zero-order valence-electron chi connectivity index (χ0n) is 14.7. The number of rotatable bonds is 3. The number of aryl methyl sites for hydroxylation is 2. The molecule has 0 aliphatic rings. The maximum absolute atomic E-state index is 11.9. The summed E-state index contributed by atoms with van der Waals surface area (Å²) in [6.07, 6.45) is 4.60. The number of pyridine rings is 1. The first-order chi connectivity index (χ1) is 12.5. The van der Waals surface area contributed by atoms with E-state index in [1.807, 2.05) is 38.1 Å². The largest absolute Gasteiger partial charge is 0.464 e. The molecular weight excluding hydrogens is 330 g/mol. The Morgan fingerprint density at radius 2 is 1.96 bits per heavy atom. The van der Waals surface area contributed by atoms with Gasteiger partial charge >= 0.3 is 0 Å². The zero-order chi connectivity index (χ0) is 18.3. The molecule has 130 valence electrons. The van der Waals surface area contributed by atoms with Gasteiger partial charge in [0.2, 0.25) is 5.88 Å². The Labute approximate surface area is 149 Å². The smallest absolute Gasteiger partial charge is 0.269 e. The van der Waals surface area contributed by atoms with E-state index >= 15 is 0 Å². The second-order valence-electron chi connectivity index (χ2n) is 6.12. The molecule has 0 fully saturated rings. The van der Waals surface area contributed by atoms with Gasteiger partial charge in [-0.15, -0.1) is 0 Å². The van der Waals surface area contributed by atoms with Crippen LogP contribution < -0.4 is 10.3 Å². The molecule has 4 aromatic rings. The van der Waals surface area contributed by atoms with Crippen LogP contribution in [0.1, 0.15) is 11.3 Å². The Bertz CT molecular complexity index is 1170. The Balaban J connectivity index is 1.75. The van der Waals surface area contributed by atoms with Crippen LogP contribution in [0.2, 0.25) is 0 Å². The highest BCUT2D eigenvalue weighted by Gasteiger charge is 2.13. The lowest BCUT2D eigenvalue weighted by molar-refractivity contribution is 0.468. The molecule has 6 heteroatoms. The lowest BCUT2D eigenvalue weighted by Gasteiger charge is -2.14. The number of fused-ring (bicyclic) bond motifs is 1. The lowest BCUT2D eigenvalue weighted by atomic mass is 10.0. The maximum Gasteiger partial charge on any atom is 0.269 e. The van der Waals surface area contributed by atoms with Gasteiger partial charge in [-0.1, -0.05) is 0 Å². The SMILES string of the molecule is Cc1cc(Oc2nccc3occc23)ccc1-c1c(C)ncc(=O)n1C. The van der Waals surface area contributed by atoms with Gasteiger partial charge in [0, 0.05) is 18.8 Å². The van der Waals surface area contributed by atoms with Crippen LogP contribution in [0, 0.1) is 13.8 Å². The second-order valence-corrected chi connectivity index (χ2v) is 6.12. The molecule has 0 bridgehead atoms. The molecule has 0 aliphatic carbocycles. The molecule has 1 aromatic carbocycles. The molecule has 0 amide bonds. The quantitative estimate of drug-likeness (QED) is 0.560. The van der Waals surface area contributed by atoms with Gasteiger partial charge in [0.25, 0.3) is 5.56 Å². The van der Waals surface area contributed by atoms with Crippen molar-refractivity contribution in [1.82, 2.24) is 14.5 Å². The van der Waals surface area contributed by atoms with E-state index in [0.29, 0.717) is 11.6 Å². The summed E-state index contributed by atoms with van der Waals surface area (Å²) in [4.78, 5) is 20.4. The number of benzene rings is 1. The molecule has 4 rings (SSSR count). The fourth-order valence-electron chi connectivity index (χ4n) is 3.06. The van der Waals surface area contributed by atoms with E-state index in [2.05, 4.69) is 9.97 Å². The van der Waals surface area contributed by atoms with E-state index in [1.165, 1.54) is 6.20 Å². The van der Waals surface area contributed by atoms with Crippen molar-refractivity contribution in [2.45, 2.75) is 13.8 Å². The van der Waals surface area contributed by atoms with Crippen molar-refractivity contribution in [2.75, 3.05) is 0 Å². The third-order valence-corrected chi connectivity index (χ3v) is 4.39. The summed E-state index contributed by atoms with van der Waals surface area (Å²) in [7, 11) is 1.75. The van der Waals surface area contributed by atoms with E-state index in [0.717, 1.165) is 33.5 Å². The summed E-state index contributed by atoms with van der Waals surface area (Å²) < 4.78 is 12.9. The average Bonchev–Trinajstić information content (AvgIpc) is 3.10. The number of aromatic nitrogens is 3. The van der Waals surface area contributed by atoms with Crippen LogP contribution in [-0.4, -0.2) is 14.5 Å². The summed E-state index contributed by atoms with van der Waals surface area (Å²) in [5.41, 5.74) is 4.11. The third-order valence-electron chi connectivity index (χ3n) is 4.39. The average molecular weight is 347 g/mol. The number of hydrogen-bond donors (Lipinski definition) is 0. The Kier molecular flexibility index (Phi) is 3.80. The Morgan fingerprint density at radius 3 is 2.77 bits per heavy atom. The van der Waals surface area contributed by atoms with Gasteiger partial charge in [-0.3, -0.25) is 9.78 Å². The first kappa shape index (κ1) is 16.1. The van der Waals surface area contributed by atoms with Gasteiger partial charge in [0.15, 0.2) is 0 Å². The lowest BCUT2D eigenvalue weighted by Crippen LogP contribution is -2.19. The summed E-state index contributed by atoms with van der Waals surface area (Å²) in [6, 6.07) is 9.34. The normalized spacial score (nSPS) is 11.0. The molecule has 3 aromatic heterocycles. The predicted molar refractivity (Wildman–Crippen MR) is 98.5 cm³/mol. The van der Waals surface area contributed by atoms with Crippen LogP contribution in [0.25, 0.3) is 22.2 Å². The number of hydrogen-bond acceptors (Lipinski definition) is 5. The van der Waals surface area contributed by atoms with Crippen molar-refractivity contribution >= 4 is 11.0 Å². The van der Waals surface area contributed by atoms with Crippen LogP contribution in [0.3, 0.4) is 0 Å². The van der Waals surface area contributed by atoms with E-state index in [9.17, 15) is 4.79 Å². The van der Waals surface area contributed by atoms with Crippen LogP contribution in [-0.2, 0) is 7.05 Å². The summed E-state index contributed by atoms with van der Waals surface area (Å²) in [5.74, 6) is 1.16. The van der Waals surface area contributed by atoms with Gasteiger partial charge in [0.05, 0.1) is 29.2 Å². The van der Waals surface area contributed by atoms with Crippen LogP contribution >= 0.6 is 0 Å². The minimum Gasteiger partial charge on any atom is -0.464 e. The molecule has 0 N–H and O–H groups in total. The Morgan fingerprint density at radius 1 is 1.12 bits per heavy atom. The highest BCUT2D eigenvalue weighted by molar-refractivity contribution is 5.82. The van der Waals surface area contributed by atoms with Gasteiger partial charge in [0.1, 0.15) is 11.3 Å².